The molecule has 5 heteroatoms. The summed E-state index contributed by atoms with van der Waals surface area (Å²) in [6.07, 6.45) is 4.73. The van der Waals surface area contributed by atoms with Crippen molar-refractivity contribution >= 4 is 22.7 Å². The van der Waals surface area contributed by atoms with E-state index in [1.807, 2.05) is 37.7 Å². The number of hydrogen-bond acceptors (Lipinski definition) is 5. The van der Waals surface area contributed by atoms with Gasteiger partial charge in [-0.05, 0) is 43.2 Å². The van der Waals surface area contributed by atoms with Crippen LogP contribution in [0, 0.1) is 0 Å². The van der Waals surface area contributed by atoms with Gasteiger partial charge in [-0.15, -0.1) is 11.8 Å². The Morgan fingerprint density at radius 1 is 1.39 bits per heavy atom. The maximum absolute atomic E-state index is 11.3. The zero-order chi connectivity index (χ0) is 16.4. The quantitative estimate of drug-likeness (QED) is 0.780. The number of hydrogen-bond donors (Lipinski definition) is 0. The minimum absolute atomic E-state index is 0.0660. The monoisotopic (exact) mass is 332 g/mol. The molecule has 1 atom stereocenters. The zero-order valence-corrected chi connectivity index (χ0v) is 14.3. The lowest BCUT2D eigenvalue weighted by Gasteiger charge is -2.30. The number of thioether (sulfide) groups is 1. The third-order valence-electron chi connectivity index (χ3n) is 4.04. The van der Waals surface area contributed by atoms with Crippen LogP contribution in [0.25, 0.3) is 11.0 Å². The van der Waals surface area contributed by atoms with Crippen molar-refractivity contribution in [3.05, 3.63) is 51.7 Å². The number of rotatable bonds is 5. The molecule has 122 valence electrons. The van der Waals surface area contributed by atoms with Crippen LogP contribution < -0.4 is 10.4 Å². The average molecular weight is 332 g/mol. The first-order chi connectivity index (χ1) is 11.0. The summed E-state index contributed by atoms with van der Waals surface area (Å²) < 4.78 is 17.2. The summed E-state index contributed by atoms with van der Waals surface area (Å²) in [6, 6.07) is 7.05. The predicted molar refractivity (Wildman–Crippen MR) is 93.3 cm³/mol. The van der Waals surface area contributed by atoms with Crippen molar-refractivity contribution in [1.29, 1.82) is 0 Å². The Morgan fingerprint density at radius 2 is 2.22 bits per heavy atom. The lowest BCUT2D eigenvalue weighted by atomic mass is 9.96. The van der Waals surface area contributed by atoms with Crippen LogP contribution in [0.15, 0.2) is 45.0 Å². The average Bonchev–Trinajstić information content (AvgIpc) is 2.93. The van der Waals surface area contributed by atoms with E-state index in [-0.39, 0.29) is 11.7 Å². The van der Waals surface area contributed by atoms with Crippen molar-refractivity contribution in [2.45, 2.75) is 32.0 Å². The summed E-state index contributed by atoms with van der Waals surface area (Å²) in [5, 5.41) is 2.92. The van der Waals surface area contributed by atoms with Crippen LogP contribution in [-0.2, 0) is 11.2 Å². The van der Waals surface area contributed by atoms with E-state index in [1.165, 1.54) is 6.07 Å². The van der Waals surface area contributed by atoms with Gasteiger partial charge < -0.3 is 13.9 Å². The van der Waals surface area contributed by atoms with Crippen LogP contribution in [0.5, 0.6) is 5.75 Å². The minimum atomic E-state index is -0.408. The molecule has 0 spiro atoms. The smallest absolute Gasteiger partial charge is 0.336 e. The highest BCUT2D eigenvalue weighted by atomic mass is 32.2. The molecule has 0 saturated heterocycles. The molecule has 0 amide bonds. The Kier molecular flexibility index (Phi) is 4.50. The van der Waals surface area contributed by atoms with E-state index in [0.29, 0.717) is 12.2 Å². The van der Waals surface area contributed by atoms with Gasteiger partial charge in [0.05, 0.1) is 6.61 Å². The maximum atomic E-state index is 11.3. The van der Waals surface area contributed by atoms with Crippen LogP contribution in [0.3, 0.4) is 0 Å². The van der Waals surface area contributed by atoms with E-state index in [9.17, 15) is 4.79 Å². The van der Waals surface area contributed by atoms with Gasteiger partial charge in [-0.3, -0.25) is 0 Å². The van der Waals surface area contributed by atoms with Crippen LogP contribution in [0.1, 0.15) is 19.4 Å². The predicted octanol–water partition coefficient (Wildman–Crippen LogP) is 3.77. The molecule has 0 aliphatic carbocycles. The number of ether oxygens (including phenoxy) is 2. The molecule has 3 rings (SSSR count). The van der Waals surface area contributed by atoms with Gasteiger partial charge in [0.1, 0.15) is 23.0 Å². The summed E-state index contributed by atoms with van der Waals surface area (Å²) in [5.41, 5.74) is 0.914. The van der Waals surface area contributed by atoms with Crippen molar-refractivity contribution in [3.63, 3.8) is 0 Å². The van der Waals surface area contributed by atoms with E-state index in [4.69, 9.17) is 13.9 Å². The molecule has 0 radical (unpaired) electrons. The molecule has 1 aliphatic rings. The summed E-state index contributed by atoms with van der Waals surface area (Å²) in [4.78, 5) is 11.3. The first kappa shape index (κ1) is 16.1. The van der Waals surface area contributed by atoms with Crippen LogP contribution >= 0.6 is 11.8 Å². The van der Waals surface area contributed by atoms with Crippen LogP contribution in [0.2, 0.25) is 0 Å². The zero-order valence-electron chi connectivity index (χ0n) is 13.5. The highest BCUT2D eigenvalue weighted by Gasteiger charge is 2.37. The van der Waals surface area contributed by atoms with Crippen molar-refractivity contribution in [1.82, 2.24) is 0 Å². The molecule has 0 fully saturated rings. The van der Waals surface area contributed by atoms with Gasteiger partial charge in [0.2, 0.25) is 0 Å². The van der Waals surface area contributed by atoms with E-state index < -0.39 is 5.60 Å². The third-order valence-corrected chi connectivity index (χ3v) is 4.50. The normalized spacial score (nSPS) is 17.6. The van der Waals surface area contributed by atoms with Crippen molar-refractivity contribution in [2.75, 3.05) is 12.9 Å². The molecular weight excluding hydrogens is 312 g/mol. The molecule has 0 N–H and O–H groups in total. The van der Waals surface area contributed by atoms with Gasteiger partial charge >= 0.3 is 5.63 Å². The number of fused-ring (bicyclic) bond motifs is 2. The molecule has 1 aromatic heterocycles. The fraction of sp³-hybridized carbons (Fsp3) is 0.389. The summed E-state index contributed by atoms with van der Waals surface area (Å²) in [6.45, 7) is 4.63. The Bertz CT molecular complexity index is 791. The Morgan fingerprint density at radius 3 is 3.00 bits per heavy atom. The summed E-state index contributed by atoms with van der Waals surface area (Å²) in [7, 11) is 0. The molecule has 4 nitrogen and oxygen atoms in total. The van der Waals surface area contributed by atoms with E-state index >= 15 is 0 Å². The van der Waals surface area contributed by atoms with Crippen molar-refractivity contribution in [3.8, 4) is 5.75 Å². The fourth-order valence-corrected chi connectivity index (χ4v) is 2.96. The van der Waals surface area contributed by atoms with Crippen LogP contribution in [0.4, 0.5) is 0 Å². The highest BCUT2D eigenvalue weighted by molar-refractivity contribution is 8.01. The standard InChI is InChI=1S/C18H20O4S/c1-18(2,20-7-4-8-23-3)16-10-13-9-12-5-6-17(19)22-14(12)11-15(13)21-16/h4-6,8-9,11,16H,7,10H2,1-3H3/t16-/m0/s1. The Hall–Kier alpha value is -1.72. The van der Waals surface area contributed by atoms with E-state index in [0.717, 1.165) is 23.1 Å². The molecule has 0 bridgehead atoms. The van der Waals surface area contributed by atoms with Gasteiger partial charge in [-0.25, -0.2) is 4.79 Å². The Labute approximate surface area is 139 Å². The maximum Gasteiger partial charge on any atom is 0.336 e. The van der Waals surface area contributed by atoms with Gasteiger partial charge in [0.25, 0.3) is 0 Å². The molecule has 2 aromatic rings. The van der Waals surface area contributed by atoms with Crippen molar-refractivity contribution < 1.29 is 13.9 Å². The first-order valence-corrected chi connectivity index (χ1v) is 8.83. The van der Waals surface area contributed by atoms with Gasteiger partial charge in [-0.2, -0.15) is 0 Å². The Balaban J connectivity index is 1.79. The first-order valence-electron chi connectivity index (χ1n) is 7.55. The van der Waals surface area contributed by atoms with Crippen molar-refractivity contribution in [2.24, 2.45) is 0 Å². The molecular formula is C18H20O4S. The number of benzene rings is 1. The van der Waals surface area contributed by atoms with E-state index in [2.05, 4.69) is 0 Å². The second-order valence-electron chi connectivity index (χ2n) is 6.08. The lowest BCUT2D eigenvalue weighted by Crippen LogP contribution is -2.42. The third kappa shape index (κ3) is 3.46. The molecule has 1 aliphatic heterocycles. The summed E-state index contributed by atoms with van der Waals surface area (Å²) in [5.74, 6) is 0.771. The molecule has 0 saturated carbocycles. The second-order valence-corrected chi connectivity index (χ2v) is 6.83. The largest absolute Gasteiger partial charge is 0.487 e. The van der Waals surface area contributed by atoms with Gasteiger partial charge in [0.15, 0.2) is 0 Å². The molecule has 23 heavy (non-hydrogen) atoms. The van der Waals surface area contributed by atoms with Crippen LogP contribution in [-0.4, -0.2) is 24.6 Å². The highest BCUT2D eigenvalue weighted by Crippen LogP contribution is 2.37. The van der Waals surface area contributed by atoms with Gasteiger partial charge in [0, 0.05) is 23.9 Å². The topological polar surface area (TPSA) is 48.7 Å². The SMILES string of the molecule is CSC=CCOC(C)(C)[C@@H]1Cc2cc3ccc(=O)oc3cc2O1. The second kappa shape index (κ2) is 6.42. The molecule has 2 heterocycles. The minimum Gasteiger partial charge on any atom is -0.487 e. The molecule has 1 aromatic carbocycles. The summed E-state index contributed by atoms with van der Waals surface area (Å²) >= 11 is 1.65. The molecule has 0 unspecified atom stereocenters. The fourth-order valence-electron chi connectivity index (χ4n) is 2.69. The lowest BCUT2D eigenvalue weighted by molar-refractivity contribution is -0.0723. The van der Waals surface area contributed by atoms with Gasteiger partial charge in [-0.1, -0.05) is 6.08 Å². The van der Waals surface area contributed by atoms with E-state index in [1.54, 1.807) is 23.9 Å².